The molecule has 2 N–H and O–H groups in total. The molecule has 3 rings (SSSR count). The number of nitrogens with zero attached hydrogens (tertiary/aromatic N) is 3. The Balaban J connectivity index is 0.00000300. The summed E-state index contributed by atoms with van der Waals surface area (Å²) in [6.45, 7) is 7.45. The summed E-state index contributed by atoms with van der Waals surface area (Å²) in [4.78, 5) is 8.78. The molecule has 0 bridgehead atoms. The number of oxazole rings is 1. The average molecular weight is 509 g/mol. The summed E-state index contributed by atoms with van der Waals surface area (Å²) in [6.07, 6.45) is 2.44. The summed E-state index contributed by atoms with van der Waals surface area (Å²) in [5, 5.41) is 10.6. The van der Waals surface area contributed by atoms with Crippen LogP contribution in [0.4, 0.5) is 0 Å². The second kappa shape index (κ2) is 11.0. The summed E-state index contributed by atoms with van der Waals surface area (Å²) in [7, 11) is 1.74. The molecule has 0 spiro atoms. The van der Waals surface area contributed by atoms with Gasteiger partial charge in [-0.15, -0.1) is 24.0 Å². The molecule has 1 aromatic carbocycles. The van der Waals surface area contributed by atoms with Crippen molar-refractivity contribution in [1.29, 1.82) is 0 Å². The second-order valence-electron chi connectivity index (χ2n) is 6.99. The van der Waals surface area contributed by atoms with E-state index in [4.69, 9.17) is 8.94 Å². The largest absolute Gasteiger partial charge is 0.444 e. The van der Waals surface area contributed by atoms with Gasteiger partial charge < -0.3 is 19.6 Å². The first-order valence-corrected chi connectivity index (χ1v) is 9.46. The fourth-order valence-electron chi connectivity index (χ4n) is 2.64. The number of aromatic nitrogens is 2. The van der Waals surface area contributed by atoms with E-state index in [2.05, 4.69) is 58.7 Å². The highest BCUT2D eigenvalue weighted by atomic mass is 127. The maximum atomic E-state index is 5.60. The number of hydrogen-bond donors (Lipinski definition) is 2. The third-order valence-corrected chi connectivity index (χ3v) is 4.35. The van der Waals surface area contributed by atoms with E-state index < -0.39 is 0 Å². The maximum absolute atomic E-state index is 5.60. The van der Waals surface area contributed by atoms with Crippen molar-refractivity contribution in [2.24, 2.45) is 4.99 Å². The van der Waals surface area contributed by atoms with Gasteiger partial charge in [-0.3, -0.25) is 4.99 Å². The predicted octanol–water partition coefficient (Wildman–Crippen LogP) is 4.29. The summed E-state index contributed by atoms with van der Waals surface area (Å²) in [5.74, 6) is 2.47. The van der Waals surface area contributed by atoms with Gasteiger partial charge in [0.15, 0.2) is 11.7 Å². The van der Waals surface area contributed by atoms with Crippen LogP contribution < -0.4 is 10.6 Å². The Kier molecular flexibility index (Phi) is 8.69. The van der Waals surface area contributed by atoms with E-state index in [-0.39, 0.29) is 24.0 Å². The lowest BCUT2D eigenvalue weighted by atomic mass is 10.1. The predicted molar refractivity (Wildman–Crippen MR) is 125 cm³/mol. The van der Waals surface area contributed by atoms with Gasteiger partial charge in [-0.2, -0.15) is 0 Å². The molecule has 0 fully saturated rings. The van der Waals surface area contributed by atoms with E-state index in [0.717, 1.165) is 29.1 Å². The van der Waals surface area contributed by atoms with Gasteiger partial charge in [0.2, 0.25) is 5.89 Å². The van der Waals surface area contributed by atoms with E-state index >= 15 is 0 Å². The zero-order chi connectivity index (χ0) is 19.9. The zero-order valence-corrected chi connectivity index (χ0v) is 19.6. The topological polar surface area (TPSA) is 88.5 Å². The van der Waals surface area contributed by atoms with Crippen LogP contribution in [0.15, 0.2) is 50.5 Å². The van der Waals surface area contributed by atoms with E-state index in [1.165, 1.54) is 5.56 Å². The third kappa shape index (κ3) is 6.59. The minimum Gasteiger partial charge on any atom is -0.444 e. The Bertz CT molecular complexity index is 915. The molecule has 29 heavy (non-hydrogen) atoms. The second-order valence-corrected chi connectivity index (χ2v) is 6.99. The number of aryl methyl sites for hydroxylation is 1. The molecule has 2 aromatic heterocycles. The van der Waals surface area contributed by atoms with E-state index in [1.807, 2.05) is 18.2 Å². The van der Waals surface area contributed by atoms with Crippen molar-refractivity contribution >= 4 is 29.9 Å². The zero-order valence-electron chi connectivity index (χ0n) is 17.2. The van der Waals surface area contributed by atoms with Crippen LogP contribution in [0.25, 0.3) is 11.5 Å². The van der Waals surface area contributed by atoms with Crippen LogP contribution in [0, 0.1) is 6.92 Å². The van der Waals surface area contributed by atoms with Crippen LogP contribution in [0.1, 0.15) is 42.5 Å². The monoisotopic (exact) mass is 509 g/mol. The summed E-state index contributed by atoms with van der Waals surface area (Å²) in [6, 6.07) is 10.1. The highest BCUT2D eigenvalue weighted by molar-refractivity contribution is 14.0. The van der Waals surface area contributed by atoms with Crippen molar-refractivity contribution < 1.29 is 8.94 Å². The van der Waals surface area contributed by atoms with Gasteiger partial charge in [-0.25, -0.2) is 4.98 Å². The number of benzene rings is 1. The minimum atomic E-state index is 0. The molecule has 0 radical (unpaired) electrons. The molecule has 0 aliphatic carbocycles. The molecule has 0 atom stereocenters. The average Bonchev–Trinajstić information content (AvgIpc) is 3.35. The molecule has 7 nitrogen and oxygen atoms in total. The number of guanidine groups is 1. The molecular formula is C21H28IN5O2. The van der Waals surface area contributed by atoms with Gasteiger partial charge in [0.05, 0.1) is 17.9 Å². The minimum absolute atomic E-state index is 0. The fraction of sp³-hybridized carbons (Fsp3) is 0.381. The molecular weight excluding hydrogens is 481 g/mol. The van der Waals surface area contributed by atoms with Gasteiger partial charge in [0.25, 0.3) is 0 Å². The summed E-state index contributed by atoms with van der Waals surface area (Å²) >= 11 is 0. The Morgan fingerprint density at radius 3 is 2.59 bits per heavy atom. The lowest BCUT2D eigenvalue weighted by Crippen LogP contribution is -2.37. The normalized spacial score (nSPS) is 11.4. The van der Waals surface area contributed by atoms with Crippen LogP contribution in [0.2, 0.25) is 0 Å². The van der Waals surface area contributed by atoms with Crippen molar-refractivity contribution in [3.8, 4) is 11.5 Å². The van der Waals surface area contributed by atoms with Gasteiger partial charge >= 0.3 is 0 Å². The first kappa shape index (κ1) is 22.9. The molecule has 0 amide bonds. The van der Waals surface area contributed by atoms with Crippen LogP contribution >= 0.6 is 24.0 Å². The maximum Gasteiger partial charge on any atom is 0.226 e. The highest BCUT2D eigenvalue weighted by Gasteiger charge is 2.09. The smallest absolute Gasteiger partial charge is 0.226 e. The van der Waals surface area contributed by atoms with E-state index in [0.29, 0.717) is 30.9 Å². The van der Waals surface area contributed by atoms with Crippen molar-refractivity contribution in [2.75, 3.05) is 13.6 Å². The van der Waals surface area contributed by atoms with Crippen LogP contribution in [-0.2, 0) is 13.0 Å². The molecule has 0 saturated heterocycles. The Hall–Kier alpha value is -2.36. The molecule has 2 heterocycles. The Morgan fingerprint density at radius 2 is 1.93 bits per heavy atom. The molecule has 8 heteroatoms. The van der Waals surface area contributed by atoms with Gasteiger partial charge in [0, 0.05) is 31.6 Å². The van der Waals surface area contributed by atoms with E-state index in [9.17, 15) is 0 Å². The van der Waals surface area contributed by atoms with Crippen molar-refractivity contribution in [1.82, 2.24) is 20.8 Å². The lowest BCUT2D eigenvalue weighted by molar-refractivity contribution is 0.372. The van der Waals surface area contributed by atoms with E-state index in [1.54, 1.807) is 13.3 Å². The fourth-order valence-corrected chi connectivity index (χ4v) is 2.64. The van der Waals surface area contributed by atoms with Crippen LogP contribution in [-0.4, -0.2) is 29.7 Å². The number of rotatable bonds is 7. The molecule has 0 saturated carbocycles. The highest BCUT2D eigenvalue weighted by Crippen LogP contribution is 2.19. The van der Waals surface area contributed by atoms with Gasteiger partial charge in [0.1, 0.15) is 6.26 Å². The van der Waals surface area contributed by atoms with Crippen LogP contribution in [0.3, 0.4) is 0 Å². The number of hydrogen-bond acceptors (Lipinski definition) is 5. The van der Waals surface area contributed by atoms with Crippen molar-refractivity contribution in [3.63, 3.8) is 0 Å². The standard InChI is InChI=1S/C21H27N5O2.HI/c1-14(2)19-11-18(28-26-19)12-24-21(22-4)23-10-9-17-13-27-20(25-17)16-7-5-15(3)6-8-16;/h5-8,11,13-14H,9-10,12H2,1-4H3,(H2,22,23,24);1H. The third-order valence-electron chi connectivity index (χ3n) is 4.35. The first-order valence-electron chi connectivity index (χ1n) is 9.46. The molecule has 0 aliphatic rings. The quantitative estimate of drug-likeness (QED) is 0.281. The van der Waals surface area contributed by atoms with Gasteiger partial charge in [-0.1, -0.05) is 36.7 Å². The summed E-state index contributed by atoms with van der Waals surface area (Å²) < 4.78 is 10.9. The molecule has 0 unspecified atom stereocenters. The first-order chi connectivity index (χ1) is 13.5. The molecule has 156 valence electrons. The molecule has 3 aromatic rings. The number of aliphatic imine (C=N–C) groups is 1. The number of nitrogens with one attached hydrogen (secondary N) is 2. The van der Waals surface area contributed by atoms with Crippen molar-refractivity contribution in [2.45, 2.75) is 39.7 Å². The SMILES string of the molecule is CN=C(NCCc1coc(-c2ccc(C)cc2)n1)NCc1cc(C(C)C)no1.I. The van der Waals surface area contributed by atoms with Gasteiger partial charge in [-0.05, 0) is 25.0 Å². The Morgan fingerprint density at radius 1 is 1.17 bits per heavy atom. The lowest BCUT2D eigenvalue weighted by Gasteiger charge is -2.09. The van der Waals surface area contributed by atoms with Crippen molar-refractivity contribution in [3.05, 3.63) is 59.3 Å². The Labute approximate surface area is 188 Å². The van der Waals surface area contributed by atoms with Crippen LogP contribution in [0.5, 0.6) is 0 Å². The molecule has 0 aliphatic heterocycles. The number of halogens is 1. The summed E-state index contributed by atoms with van der Waals surface area (Å²) in [5.41, 5.74) is 4.05.